The summed E-state index contributed by atoms with van der Waals surface area (Å²) in [5.41, 5.74) is 6.33. The summed E-state index contributed by atoms with van der Waals surface area (Å²) >= 11 is 0. The highest BCUT2D eigenvalue weighted by molar-refractivity contribution is 5.80. The van der Waals surface area contributed by atoms with E-state index in [1.54, 1.807) is 12.4 Å². The number of carbonyl (C=O) groups excluding carboxylic acids is 1. The Morgan fingerprint density at radius 1 is 1.17 bits per heavy atom. The summed E-state index contributed by atoms with van der Waals surface area (Å²) in [5, 5.41) is 0. The highest BCUT2D eigenvalue weighted by Crippen LogP contribution is 2.34. The summed E-state index contributed by atoms with van der Waals surface area (Å²) in [5.74, 6) is 1.75. The minimum atomic E-state index is -0.0817. The lowest BCUT2D eigenvalue weighted by Crippen LogP contribution is -2.54. The van der Waals surface area contributed by atoms with Gasteiger partial charge in [-0.2, -0.15) is 0 Å². The van der Waals surface area contributed by atoms with Gasteiger partial charge in [0.1, 0.15) is 0 Å². The number of piperidine rings is 1. The van der Waals surface area contributed by atoms with E-state index in [2.05, 4.69) is 14.9 Å². The van der Waals surface area contributed by atoms with E-state index in [-0.39, 0.29) is 23.9 Å². The number of nitrogens with two attached hydrogens (primary N) is 1. The minimum absolute atomic E-state index is 0.0182. The van der Waals surface area contributed by atoms with E-state index < -0.39 is 0 Å². The fourth-order valence-electron chi connectivity index (χ4n) is 4.12. The maximum absolute atomic E-state index is 13.2. The van der Waals surface area contributed by atoms with Crippen LogP contribution >= 0.6 is 0 Å². The molecular formula is C18H27N5O. The Bertz CT molecular complexity index is 576. The topological polar surface area (TPSA) is 75.3 Å². The molecule has 6 heteroatoms. The molecule has 1 amide bonds. The largest absolute Gasteiger partial charge is 0.332 e. The van der Waals surface area contributed by atoms with E-state index in [4.69, 9.17) is 5.73 Å². The molecule has 3 fully saturated rings. The molecule has 0 radical (unpaired) electrons. The highest BCUT2D eigenvalue weighted by atomic mass is 16.2. The second-order valence-corrected chi connectivity index (χ2v) is 7.56. The first-order valence-electron chi connectivity index (χ1n) is 9.27. The van der Waals surface area contributed by atoms with Gasteiger partial charge in [0.15, 0.2) is 5.82 Å². The molecule has 6 nitrogen and oxygen atoms in total. The number of carbonyl (C=O) groups is 1. The molecule has 1 aromatic heterocycles. The molecule has 0 aromatic carbocycles. The maximum Gasteiger partial charge on any atom is 0.229 e. The van der Waals surface area contributed by atoms with Crippen LogP contribution in [0.5, 0.6) is 0 Å². The summed E-state index contributed by atoms with van der Waals surface area (Å²) in [6.07, 6.45) is 9.09. The summed E-state index contributed by atoms with van der Waals surface area (Å²) in [4.78, 5) is 26.4. The van der Waals surface area contributed by atoms with Crippen molar-refractivity contribution in [2.75, 3.05) is 26.2 Å². The van der Waals surface area contributed by atoms with Crippen molar-refractivity contribution in [2.45, 2.75) is 44.2 Å². The summed E-state index contributed by atoms with van der Waals surface area (Å²) in [6, 6.07) is 1.81. The van der Waals surface area contributed by atoms with Crippen LogP contribution in [0.15, 0.2) is 18.5 Å². The van der Waals surface area contributed by atoms with Crippen LogP contribution in [0.25, 0.3) is 0 Å². The lowest BCUT2D eigenvalue weighted by Gasteiger charge is -2.38. The average Bonchev–Trinajstić information content (AvgIpc) is 3.29. The Morgan fingerprint density at radius 2 is 1.96 bits per heavy atom. The zero-order valence-corrected chi connectivity index (χ0v) is 14.2. The monoisotopic (exact) mass is 329 g/mol. The standard InChI is InChI=1S/C18H27N5O/c19-15-6-10-22(11-13-4-5-13)12-14(15)18(24)23-9-1-3-16(23)17-20-7-2-8-21-17/h2,7-8,13-16H,1,3-6,9-12,19H2/t14-,15-,16-/m0/s1. The first-order valence-corrected chi connectivity index (χ1v) is 9.27. The van der Waals surface area contributed by atoms with Gasteiger partial charge in [-0.1, -0.05) is 0 Å². The molecule has 1 aromatic rings. The Hall–Kier alpha value is -1.53. The number of likely N-dealkylation sites (tertiary alicyclic amines) is 2. The predicted octanol–water partition coefficient (Wildman–Crippen LogP) is 1.20. The van der Waals surface area contributed by atoms with Crippen LogP contribution in [0.2, 0.25) is 0 Å². The number of aromatic nitrogens is 2. The molecule has 0 bridgehead atoms. The number of hydrogen-bond acceptors (Lipinski definition) is 5. The Balaban J connectivity index is 1.46. The average molecular weight is 329 g/mol. The molecular weight excluding hydrogens is 302 g/mol. The van der Waals surface area contributed by atoms with Crippen molar-refractivity contribution in [1.29, 1.82) is 0 Å². The van der Waals surface area contributed by atoms with Crippen molar-refractivity contribution >= 4 is 5.91 Å². The fraction of sp³-hybridized carbons (Fsp3) is 0.722. The van der Waals surface area contributed by atoms with Crippen molar-refractivity contribution < 1.29 is 4.79 Å². The second kappa shape index (κ2) is 6.76. The van der Waals surface area contributed by atoms with Crippen LogP contribution in [-0.2, 0) is 4.79 Å². The van der Waals surface area contributed by atoms with Crippen LogP contribution in [0.3, 0.4) is 0 Å². The van der Waals surface area contributed by atoms with E-state index in [0.717, 1.165) is 57.2 Å². The quantitative estimate of drug-likeness (QED) is 0.898. The van der Waals surface area contributed by atoms with Gasteiger partial charge in [0.2, 0.25) is 5.91 Å². The van der Waals surface area contributed by atoms with Crippen LogP contribution in [0.4, 0.5) is 0 Å². The van der Waals surface area contributed by atoms with Gasteiger partial charge >= 0.3 is 0 Å². The third-order valence-corrected chi connectivity index (χ3v) is 5.70. The molecule has 3 heterocycles. The molecule has 3 atom stereocenters. The van der Waals surface area contributed by atoms with Gasteiger partial charge in [-0.25, -0.2) is 9.97 Å². The number of nitrogens with zero attached hydrogens (tertiary/aromatic N) is 4. The smallest absolute Gasteiger partial charge is 0.229 e. The van der Waals surface area contributed by atoms with E-state index in [1.165, 1.54) is 12.8 Å². The molecule has 3 aliphatic rings. The van der Waals surface area contributed by atoms with Gasteiger partial charge in [-0.3, -0.25) is 4.79 Å². The van der Waals surface area contributed by atoms with Crippen molar-refractivity contribution in [2.24, 2.45) is 17.6 Å². The Morgan fingerprint density at radius 3 is 2.71 bits per heavy atom. The van der Waals surface area contributed by atoms with E-state index in [1.807, 2.05) is 11.0 Å². The zero-order valence-electron chi connectivity index (χ0n) is 14.2. The molecule has 1 aliphatic carbocycles. The SMILES string of the molecule is N[C@H]1CCN(CC2CC2)C[C@@H]1C(=O)N1CCC[C@H]1c1ncccn1. The van der Waals surface area contributed by atoms with Crippen LogP contribution in [-0.4, -0.2) is 57.9 Å². The summed E-state index contributed by atoms with van der Waals surface area (Å²) in [7, 11) is 0. The van der Waals surface area contributed by atoms with Crippen LogP contribution < -0.4 is 5.73 Å². The first-order chi connectivity index (χ1) is 11.7. The van der Waals surface area contributed by atoms with Gasteiger partial charge in [0.25, 0.3) is 0 Å². The molecule has 130 valence electrons. The molecule has 4 rings (SSSR count). The van der Waals surface area contributed by atoms with Crippen LogP contribution in [0, 0.1) is 11.8 Å². The van der Waals surface area contributed by atoms with Gasteiger partial charge in [-0.15, -0.1) is 0 Å². The molecule has 2 saturated heterocycles. The van der Waals surface area contributed by atoms with E-state index >= 15 is 0 Å². The molecule has 2 N–H and O–H groups in total. The van der Waals surface area contributed by atoms with Gasteiger partial charge < -0.3 is 15.5 Å². The molecule has 1 saturated carbocycles. The molecule has 0 spiro atoms. The maximum atomic E-state index is 13.2. The fourth-order valence-corrected chi connectivity index (χ4v) is 4.12. The zero-order chi connectivity index (χ0) is 16.5. The molecule has 24 heavy (non-hydrogen) atoms. The highest BCUT2D eigenvalue weighted by Gasteiger charge is 2.40. The lowest BCUT2D eigenvalue weighted by molar-refractivity contribution is -0.139. The lowest BCUT2D eigenvalue weighted by atomic mass is 9.91. The van der Waals surface area contributed by atoms with Gasteiger partial charge in [0.05, 0.1) is 12.0 Å². The van der Waals surface area contributed by atoms with E-state index in [0.29, 0.717) is 0 Å². The number of rotatable bonds is 4. The van der Waals surface area contributed by atoms with Gasteiger partial charge in [0, 0.05) is 38.1 Å². The number of hydrogen-bond donors (Lipinski definition) is 1. The first kappa shape index (κ1) is 16.0. The van der Waals surface area contributed by atoms with Crippen molar-refractivity contribution in [1.82, 2.24) is 19.8 Å². The van der Waals surface area contributed by atoms with Gasteiger partial charge in [-0.05, 0) is 50.6 Å². The Kier molecular flexibility index (Phi) is 4.50. The predicted molar refractivity (Wildman–Crippen MR) is 91.0 cm³/mol. The third kappa shape index (κ3) is 3.30. The van der Waals surface area contributed by atoms with Crippen molar-refractivity contribution in [3.05, 3.63) is 24.3 Å². The van der Waals surface area contributed by atoms with Crippen molar-refractivity contribution in [3.8, 4) is 0 Å². The molecule has 2 aliphatic heterocycles. The number of amides is 1. The van der Waals surface area contributed by atoms with Crippen LogP contribution in [0.1, 0.15) is 44.0 Å². The molecule has 0 unspecified atom stereocenters. The van der Waals surface area contributed by atoms with E-state index in [9.17, 15) is 4.79 Å². The third-order valence-electron chi connectivity index (χ3n) is 5.70. The summed E-state index contributed by atoms with van der Waals surface area (Å²) in [6.45, 7) is 3.79. The summed E-state index contributed by atoms with van der Waals surface area (Å²) < 4.78 is 0. The Labute approximate surface area is 143 Å². The second-order valence-electron chi connectivity index (χ2n) is 7.56. The minimum Gasteiger partial charge on any atom is -0.332 e. The normalized spacial score (nSPS) is 31.4. The van der Waals surface area contributed by atoms with Crippen molar-refractivity contribution in [3.63, 3.8) is 0 Å².